The Hall–Kier alpha value is -2.00. The van der Waals surface area contributed by atoms with E-state index in [9.17, 15) is 9.90 Å². The Morgan fingerprint density at radius 1 is 1.24 bits per heavy atom. The molecule has 2 aromatic rings. The molecule has 0 saturated heterocycles. The van der Waals surface area contributed by atoms with Crippen LogP contribution in [0.2, 0.25) is 5.02 Å². The van der Waals surface area contributed by atoms with Crippen LogP contribution >= 0.6 is 11.6 Å². The first-order valence-electron chi connectivity index (χ1n) is 6.98. The van der Waals surface area contributed by atoms with Crippen molar-refractivity contribution in [2.75, 3.05) is 4.90 Å². The molecule has 0 aromatic heterocycles. The lowest BCUT2D eigenvalue weighted by Crippen LogP contribution is -2.34. The highest BCUT2D eigenvalue weighted by Gasteiger charge is 2.27. The summed E-state index contributed by atoms with van der Waals surface area (Å²) in [6.07, 6.45) is 2.02. The number of rotatable bonds is 2. The minimum Gasteiger partial charge on any atom is -0.478 e. The van der Waals surface area contributed by atoms with Gasteiger partial charge in [0.25, 0.3) is 0 Å². The molecule has 3 rings (SSSR count). The van der Waals surface area contributed by atoms with Crippen molar-refractivity contribution in [1.29, 1.82) is 0 Å². The molecule has 0 spiro atoms. The molecule has 1 N–H and O–H groups in total. The van der Waals surface area contributed by atoms with E-state index in [0.29, 0.717) is 10.7 Å². The summed E-state index contributed by atoms with van der Waals surface area (Å²) >= 11 is 5.95. The summed E-state index contributed by atoms with van der Waals surface area (Å²) in [6, 6.07) is 13.5. The van der Waals surface area contributed by atoms with E-state index in [-0.39, 0.29) is 11.6 Å². The molecule has 21 heavy (non-hydrogen) atoms. The Morgan fingerprint density at radius 2 is 2.00 bits per heavy atom. The van der Waals surface area contributed by atoms with Gasteiger partial charge in [-0.2, -0.15) is 0 Å². The van der Waals surface area contributed by atoms with Crippen molar-refractivity contribution in [2.45, 2.75) is 25.8 Å². The van der Waals surface area contributed by atoms with Crippen LogP contribution in [0, 0.1) is 0 Å². The lowest BCUT2D eigenvalue weighted by Gasteiger charge is -2.37. The van der Waals surface area contributed by atoms with Gasteiger partial charge in [-0.25, -0.2) is 4.79 Å². The highest BCUT2D eigenvalue weighted by molar-refractivity contribution is 6.31. The zero-order valence-corrected chi connectivity index (χ0v) is 12.5. The van der Waals surface area contributed by atoms with E-state index >= 15 is 0 Å². The van der Waals surface area contributed by atoms with Crippen LogP contribution in [0.5, 0.6) is 0 Å². The maximum atomic E-state index is 11.5. The average Bonchev–Trinajstić information content (AvgIpc) is 2.47. The number of carboxylic acid groups (broad SMARTS) is 1. The monoisotopic (exact) mass is 301 g/mol. The van der Waals surface area contributed by atoms with Crippen LogP contribution in [0.25, 0.3) is 0 Å². The maximum Gasteiger partial charge on any atom is 0.337 e. The predicted molar refractivity (Wildman–Crippen MR) is 84.8 cm³/mol. The van der Waals surface area contributed by atoms with Crippen LogP contribution < -0.4 is 4.90 Å². The summed E-state index contributed by atoms with van der Waals surface area (Å²) in [5, 5.41) is 9.91. The number of nitrogens with zero attached hydrogens (tertiary/aromatic N) is 1. The summed E-state index contributed by atoms with van der Waals surface area (Å²) in [5.41, 5.74) is 3.28. The second-order valence-electron chi connectivity index (χ2n) is 5.35. The Morgan fingerprint density at radius 3 is 2.76 bits per heavy atom. The topological polar surface area (TPSA) is 40.5 Å². The number of carboxylic acids is 1. The van der Waals surface area contributed by atoms with Gasteiger partial charge in [0.1, 0.15) is 0 Å². The number of aromatic carboxylic acids is 1. The second-order valence-corrected chi connectivity index (χ2v) is 5.79. The van der Waals surface area contributed by atoms with Gasteiger partial charge in [0.05, 0.1) is 11.3 Å². The number of carbonyl (C=O) groups is 1. The highest BCUT2D eigenvalue weighted by atomic mass is 35.5. The second kappa shape index (κ2) is 5.41. The SMILES string of the molecule is CC1CCc2ccccc2N1c1ccc(Cl)cc1C(=O)O. The number of hydrogen-bond acceptors (Lipinski definition) is 2. The molecule has 1 aliphatic heterocycles. The summed E-state index contributed by atoms with van der Waals surface area (Å²) in [7, 11) is 0. The fourth-order valence-electron chi connectivity index (χ4n) is 2.95. The predicted octanol–water partition coefficient (Wildman–Crippen LogP) is 4.51. The lowest BCUT2D eigenvalue weighted by molar-refractivity contribution is 0.0697. The van der Waals surface area contributed by atoms with E-state index in [0.717, 1.165) is 18.5 Å². The smallest absolute Gasteiger partial charge is 0.337 e. The fourth-order valence-corrected chi connectivity index (χ4v) is 3.12. The van der Waals surface area contributed by atoms with E-state index in [4.69, 9.17) is 11.6 Å². The van der Waals surface area contributed by atoms with Gasteiger partial charge in [0.15, 0.2) is 0 Å². The van der Waals surface area contributed by atoms with Gasteiger partial charge in [-0.05, 0) is 49.6 Å². The van der Waals surface area contributed by atoms with Crippen LogP contribution in [0.3, 0.4) is 0 Å². The molecule has 108 valence electrons. The first-order valence-corrected chi connectivity index (χ1v) is 7.35. The molecule has 0 saturated carbocycles. The van der Waals surface area contributed by atoms with Gasteiger partial charge in [0, 0.05) is 16.8 Å². The number of anilines is 2. The van der Waals surface area contributed by atoms with Crippen molar-refractivity contribution >= 4 is 28.9 Å². The molecule has 0 radical (unpaired) electrons. The number of fused-ring (bicyclic) bond motifs is 1. The van der Waals surface area contributed by atoms with Crippen molar-refractivity contribution in [3.05, 3.63) is 58.6 Å². The zero-order chi connectivity index (χ0) is 15.0. The first-order chi connectivity index (χ1) is 10.1. The van der Waals surface area contributed by atoms with Crippen LogP contribution in [0.1, 0.15) is 29.3 Å². The summed E-state index contributed by atoms with van der Waals surface area (Å²) in [5.74, 6) is -0.956. The van der Waals surface area contributed by atoms with Crippen LogP contribution in [-0.4, -0.2) is 17.1 Å². The van der Waals surface area contributed by atoms with Gasteiger partial charge >= 0.3 is 5.97 Å². The van der Waals surface area contributed by atoms with Gasteiger partial charge < -0.3 is 10.0 Å². The molecule has 0 aliphatic carbocycles. The van der Waals surface area contributed by atoms with Crippen molar-refractivity contribution in [1.82, 2.24) is 0 Å². The quantitative estimate of drug-likeness (QED) is 0.887. The molecule has 2 aromatic carbocycles. The van der Waals surface area contributed by atoms with E-state index in [1.165, 1.54) is 11.6 Å². The normalized spacial score (nSPS) is 17.4. The summed E-state index contributed by atoms with van der Waals surface area (Å²) in [4.78, 5) is 13.7. The standard InChI is InChI=1S/C17H16ClNO2/c1-11-6-7-12-4-2-3-5-15(12)19(11)16-9-8-13(18)10-14(16)17(20)21/h2-5,8-11H,6-7H2,1H3,(H,20,21). The number of benzene rings is 2. The van der Waals surface area contributed by atoms with Gasteiger partial charge in [-0.1, -0.05) is 29.8 Å². The van der Waals surface area contributed by atoms with E-state index in [1.807, 2.05) is 18.2 Å². The Labute approximate surface area is 128 Å². The largest absolute Gasteiger partial charge is 0.478 e. The van der Waals surface area contributed by atoms with Crippen molar-refractivity contribution in [2.24, 2.45) is 0 Å². The van der Waals surface area contributed by atoms with Gasteiger partial charge in [-0.3, -0.25) is 0 Å². The number of halogens is 1. The molecule has 0 fully saturated rings. The Balaban J connectivity index is 2.18. The summed E-state index contributed by atoms with van der Waals surface area (Å²) in [6.45, 7) is 2.12. The minimum absolute atomic E-state index is 0.242. The highest BCUT2D eigenvalue weighted by Crippen LogP contribution is 2.38. The van der Waals surface area contributed by atoms with E-state index in [2.05, 4.69) is 17.9 Å². The molecule has 1 heterocycles. The number of para-hydroxylation sites is 1. The number of aryl methyl sites for hydroxylation is 1. The Bertz CT molecular complexity index is 699. The molecular weight excluding hydrogens is 286 g/mol. The average molecular weight is 302 g/mol. The molecule has 3 nitrogen and oxygen atoms in total. The zero-order valence-electron chi connectivity index (χ0n) is 11.7. The minimum atomic E-state index is -0.956. The molecular formula is C17H16ClNO2. The fraction of sp³-hybridized carbons (Fsp3) is 0.235. The third-order valence-corrected chi connectivity index (χ3v) is 4.21. The molecule has 0 bridgehead atoms. The first kappa shape index (κ1) is 14.0. The Kier molecular flexibility index (Phi) is 3.60. The third kappa shape index (κ3) is 2.49. The van der Waals surface area contributed by atoms with Crippen LogP contribution in [0.15, 0.2) is 42.5 Å². The molecule has 4 heteroatoms. The van der Waals surface area contributed by atoms with Crippen molar-refractivity contribution < 1.29 is 9.90 Å². The molecule has 1 unspecified atom stereocenters. The van der Waals surface area contributed by atoms with Crippen LogP contribution in [0.4, 0.5) is 11.4 Å². The number of hydrogen-bond donors (Lipinski definition) is 1. The van der Waals surface area contributed by atoms with Crippen molar-refractivity contribution in [3.63, 3.8) is 0 Å². The maximum absolute atomic E-state index is 11.5. The van der Waals surface area contributed by atoms with Crippen molar-refractivity contribution in [3.8, 4) is 0 Å². The molecule has 0 amide bonds. The van der Waals surface area contributed by atoms with Gasteiger partial charge in [0.2, 0.25) is 0 Å². The van der Waals surface area contributed by atoms with Crippen LogP contribution in [-0.2, 0) is 6.42 Å². The lowest BCUT2D eigenvalue weighted by atomic mass is 9.95. The summed E-state index contributed by atoms with van der Waals surface area (Å²) < 4.78 is 0. The van der Waals surface area contributed by atoms with Gasteiger partial charge in [-0.15, -0.1) is 0 Å². The molecule has 1 atom stereocenters. The molecule has 1 aliphatic rings. The third-order valence-electron chi connectivity index (χ3n) is 3.97. The van der Waals surface area contributed by atoms with E-state index < -0.39 is 5.97 Å². The van der Waals surface area contributed by atoms with E-state index in [1.54, 1.807) is 12.1 Å².